The first-order valence-electron chi connectivity index (χ1n) is 5.50. The number of carboxylic acid groups (broad SMARTS) is 1. The molecule has 0 bridgehead atoms. The van der Waals surface area contributed by atoms with E-state index in [9.17, 15) is 35.5 Å². The maximum absolute atomic E-state index is 13.3. The number of aliphatic carboxylic acids is 1. The Morgan fingerprint density at radius 2 is 1.38 bits per heavy atom. The predicted molar refractivity (Wildman–Crippen MR) is 57.4 cm³/mol. The summed E-state index contributed by atoms with van der Waals surface area (Å²) in [6.45, 7) is 0.897. The van der Waals surface area contributed by atoms with Crippen LogP contribution in [0.5, 0.6) is 0 Å². The second-order valence-electron chi connectivity index (χ2n) is 4.37. The van der Waals surface area contributed by atoms with Crippen molar-refractivity contribution in [2.24, 2.45) is 0 Å². The largest absolute Gasteiger partial charge is 0.479 e. The summed E-state index contributed by atoms with van der Waals surface area (Å²) in [7, 11) is 0. The van der Waals surface area contributed by atoms with Gasteiger partial charge in [-0.3, -0.25) is 0 Å². The van der Waals surface area contributed by atoms with Gasteiger partial charge in [0.15, 0.2) is 0 Å². The third kappa shape index (κ3) is 4.08. The molecule has 21 heavy (non-hydrogen) atoms. The number of hydrogen-bond donors (Lipinski definition) is 1. The van der Waals surface area contributed by atoms with Crippen LogP contribution in [0.1, 0.15) is 29.5 Å². The van der Waals surface area contributed by atoms with Gasteiger partial charge in [-0.25, -0.2) is 9.18 Å². The smallest absolute Gasteiger partial charge is 0.416 e. The molecule has 0 aliphatic rings. The molecule has 0 radical (unpaired) electrons. The van der Waals surface area contributed by atoms with Crippen LogP contribution in [-0.4, -0.2) is 17.2 Å². The van der Waals surface area contributed by atoms with E-state index in [0.29, 0.717) is 12.1 Å². The molecule has 0 saturated carbocycles. The minimum atomic E-state index is -5.06. The van der Waals surface area contributed by atoms with Crippen LogP contribution in [0.4, 0.5) is 30.7 Å². The molecule has 0 spiro atoms. The number of carbonyl (C=O) groups is 1. The van der Waals surface area contributed by atoms with E-state index in [1.165, 1.54) is 0 Å². The Morgan fingerprint density at radius 3 is 1.67 bits per heavy atom. The number of carboxylic acids is 1. The fraction of sp³-hybridized carbons (Fsp3) is 0.417. The zero-order valence-electron chi connectivity index (χ0n) is 10.4. The molecule has 2 atom stereocenters. The van der Waals surface area contributed by atoms with Crippen molar-refractivity contribution in [2.75, 3.05) is 0 Å². The number of hydrogen-bond acceptors (Lipinski definition) is 1. The molecule has 0 amide bonds. The summed E-state index contributed by atoms with van der Waals surface area (Å²) in [5, 5.41) is 8.45. The summed E-state index contributed by atoms with van der Waals surface area (Å²) >= 11 is 0. The Bertz CT molecular complexity index is 501. The maximum Gasteiger partial charge on any atom is 0.416 e. The molecule has 0 heterocycles. The monoisotopic (exact) mass is 318 g/mol. The van der Waals surface area contributed by atoms with Crippen LogP contribution in [0.25, 0.3) is 0 Å². The molecule has 0 aromatic heterocycles. The minimum absolute atomic E-state index is 0.107. The van der Waals surface area contributed by atoms with E-state index in [0.717, 1.165) is 6.92 Å². The minimum Gasteiger partial charge on any atom is -0.479 e. The first-order chi connectivity index (χ1) is 9.34. The third-order valence-corrected chi connectivity index (χ3v) is 2.81. The van der Waals surface area contributed by atoms with E-state index in [2.05, 4.69) is 0 Å². The van der Waals surface area contributed by atoms with Crippen molar-refractivity contribution in [1.29, 1.82) is 0 Å². The Balaban J connectivity index is 3.42. The summed E-state index contributed by atoms with van der Waals surface area (Å²) in [4.78, 5) is 10.5. The van der Waals surface area contributed by atoms with Crippen molar-refractivity contribution >= 4 is 5.97 Å². The van der Waals surface area contributed by atoms with Gasteiger partial charge in [0.25, 0.3) is 0 Å². The van der Waals surface area contributed by atoms with E-state index in [1.54, 1.807) is 0 Å². The van der Waals surface area contributed by atoms with Gasteiger partial charge in [0, 0.05) is 5.92 Å². The molecule has 1 rings (SSSR count). The highest BCUT2D eigenvalue weighted by molar-refractivity contribution is 5.73. The molecular formula is C12H9F7O2. The molecule has 1 N–H and O–H groups in total. The number of alkyl halides is 7. The van der Waals surface area contributed by atoms with Crippen molar-refractivity contribution in [3.05, 3.63) is 34.9 Å². The van der Waals surface area contributed by atoms with Crippen LogP contribution in [-0.2, 0) is 17.1 Å². The molecule has 2 unspecified atom stereocenters. The van der Waals surface area contributed by atoms with Crippen molar-refractivity contribution in [2.45, 2.75) is 31.4 Å². The van der Waals surface area contributed by atoms with Crippen LogP contribution in [0.15, 0.2) is 18.2 Å². The van der Waals surface area contributed by atoms with Gasteiger partial charge in [0.1, 0.15) is 0 Å². The van der Waals surface area contributed by atoms with Crippen LogP contribution in [0, 0.1) is 0 Å². The molecule has 9 heteroatoms. The highest BCUT2D eigenvalue weighted by Gasteiger charge is 2.38. The highest BCUT2D eigenvalue weighted by Crippen LogP contribution is 2.38. The second kappa shape index (κ2) is 5.53. The van der Waals surface area contributed by atoms with Gasteiger partial charge in [0.2, 0.25) is 6.17 Å². The lowest BCUT2D eigenvalue weighted by atomic mass is 9.92. The zero-order chi connectivity index (χ0) is 16.6. The summed E-state index contributed by atoms with van der Waals surface area (Å²) < 4.78 is 88.8. The third-order valence-electron chi connectivity index (χ3n) is 2.81. The summed E-state index contributed by atoms with van der Waals surface area (Å²) in [6.07, 6.45) is -12.7. The van der Waals surface area contributed by atoms with E-state index >= 15 is 0 Å². The van der Waals surface area contributed by atoms with Crippen molar-refractivity contribution in [1.82, 2.24) is 0 Å². The number of halogens is 7. The molecule has 0 aliphatic carbocycles. The van der Waals surface area contributed by atoms with Gasteiger partial charge >= 0.3 is 18.3 Å². The van der Waals surface area contributed by atoms with E-state index in [-0.39, 0.29) is 6.07 Å². The topological polar surface area (TPSA) is 37.3 Å². The van der Waals surface area contributed by atoms with Crippen LogP contribution >= 0.6 is 0 Å². The van der Waals surface area contributed by atoms with Crippen molar-refractivity contribution in [3.63, 3.8) is 0 Å². The number of benzene rings is 1. The summed E-state index contributed by atoms with van der Waals surface area (Å²) in [6, 6.07) is 0.523. The first-order valence-corrected chi connectivity index (χ1v) is 5.50. The maximum atomic E-state index is 13.3. The molecule has 2 nitrogen and oxygen atoms in total. The average Bonchev–Trinajstić information content (AvgIpc) is 2.34. The molecule has 0 aliphatic heterocycles. The van der Waals surface area contributed by atoms with Crippen molar-refractivity contribution in [3.8, 4) is 0 Å². The fourth-order valence-electron chi connectivity index (χ4n) is 1.62. The Morgan fingerprint density at radius 1 is 1.00 bits per heavy atom. The first kappa shape index (κ1) is 17.3. The lowest BCUT2D eigenvalue weighted by molar-refractivity contribution is -0.143. The average molecular weight is 318 g/mol. The van der Waals surface area contributed by atoms with Gasteiger partial charge in [-0.05, 0) is 23.8 Å². The normalized spacial score (nSPS) is 15.6. The molecule has 118 valence electrons. The Labute approximate surface area is 114 Å². The highest BCUT2D eigenvalue weighted by atomic mass is 19.4. The molecule has 1 aromatic rings. The van der Waals surface area contributed by atoms with Gasteiger partial charge in [-0.15, -0.1) is 0 Å². The van der Waals surface area contributed by atoms with Crippen molar-refractivity contribution < 1.29 is 40.6 Å². The van der Waals surface area contributed by atoms with Gasteiger partial charge in [-0.1, -0.05) is 6.92 Å². The summed E-state index contributed by atoms with van der Waals surface area (Å²) in [5.74, 6) is -3.63. The zero-order valence-corrected chi connectivity index (χ0v) is 10.4. The standard InChI is InChI=1S/C12H9F7O2/c1-5(9(13)10(20)21)6-2-7(11(14,15)16)4-8(3-6)12(17,18)19/h2-5,9H,1H3,(H,20,21). The lowest BCUT2D eigenvalue weighted by Gasteiger charge is -2.18. The predicted octanol–water partition coefficient (Wildman–Crippen LogP) is 4.25. The molecular weight excluding hydrogens is 309 g/mol. The molecule has 0 fully saturated rings. The summed E-state index contributed by atoms with van der Waals surface area (Å²) in [5.41, 5.74) is -3.92. The quantitative estimate of drug-likeness (QED) is 0.846. The van der Waals surface area contributed by atoms with E-state index in [4.69, 9.17) is 5.11 Å². The van der Waals surface area contributed by atoms with Gasteiger partial charge in [0.05, 0.1) is 11.1 Å². The fourth-order valence-corrected chi connectivity index (χ4v) is 1.62. The van der Waals surface area contributed by atoms with E-state index < -0.39 is 47.1 Å². The van der Waals surface area contributed by atoms with Crippen LogP contribution in [0.3, 0.4) is 0 Å². The van der Waals surface area contributed by atoms with Gasteiger partial charge < -0.3 is 5.11 Å². The second-order valence-corrected chi connectivity index (χ2v) is 4.37. The van der Waals surface area contributed by atoms with Gasteiger partial charge in [-0.2, -0.15) is 26.3 Å². The van der Waals surface area contributed by atoms with E-state index in [1.807, 2.05) is 0 Å². The SMILES string of the molecule is CC(c1cc(C(F)(F)F)cc(C(F)(F)F)c1)C(F)C(=O)O. The van der Waals surface area contributed by atoms with Crippen LogP contribution in [0.2, 0.25) is 0 Å². The van der Waals surface area contributed by atoms with Crippen LogP contribution < -0.4 is 0 Å². The number of rotatable bonds is 3. The Hall–Kier alpha value is -1.80. The Kier molecular flexibility index (Phi) is 4.54. The lowest BCUT2D eigenvalue weighted by Crippen LogP contribution is -2.22. The molecule has 1 aromatic carbocycles. The molecule has 0 saturated heterocycles.